The van der Waals surface area contributed by atoms with E-state index >= 15 is 0 Å². The summed E-state index contributed by atoms with van der Waals surface area (Å²) in [5.74, 6) is 2.65. The molecule has 0 saturated heterocycles. The molecule has 33 heavy (non-hydrogen) atoms. The van der Waals surface area contributed by atoms with Crippen molar-refractivity contribution in [2.24, 2.45) is 52.3 Å². The fourth-order valence-electron chi connectivity index (χ4n) is 9.10. The first-order valence-corrected chi connectivity index (χ1v) is 13.8. The molecule has 0 unspecified atom stereocenters. The maximum absolute atomic E-state index is 12.3. The lowest BCUT2D eigenvalue weighted by molar-refractivity contribution is -0.207. The van der Waals surface area contributed by atoms with Gasteiger partial charge in [-0.1, -0.05) is 34.6 Å². The van der Waals surface area contributed by atoms with Crippen molar-refractivity contribution in [2.75, 3.05) is 6.54 Å². The molecule has 1 amide bonds. The van der Waals surface area contributed by atoms with E-state index < -0.39 is 0 Å². The maximum Gasteiger partial charge on any atom is 0.220 e. The first kappa shape index (κ1) is 25.4. The van der Waals surface area contributed by atoms with Gasteiger partial charge in [-0.15, -0.1) is 0 Å². The van der Waals surface area contributed by atoms with Gasteiger partial charge >= 0.3 is 0 Å². The Labute approximate surface area is 201 Å². The normalized spacial score (nSPS) is 48.0. The highest BCUT2D eigenvalue weighted by atomic mass is 16.3. The summed E-state index contributed by atoms with van der Waals surface area (Å²) in [5.41, 5.74) is -0.0724. The first-order chi connectivity index (χ1) is 15.5. The van der Waals surface area contributed by atoms with E-state index in [0.717, 1.165) is 57.9 Å². The molecule has 4 saturated carbocycles. The van der Waals surface area contributed by atoms with Crippen molar-refractivity contribution in [2.45, 2.75) is 111 Å². The monoisotopic (exact) mass is 463 g/mol. The van der Waals surface area contributed by atoms with Crippen molar-refractivity contribution in [3.8, 4) is 0 Å². The number of aliphatic hydroxyl groups excluding tert-OH is 3. The zero-order valence-corrected chi connectivity index (χ0v) is 21.6. The summed E-state index contributed by atoms with van der Waals surface area (Å²) >= 11 is 0. The van der Waals surface area contributed by atoms with E-state index in [4.69, 9.17) is 0 Å². The molecule has 0 heterocycles. The number of carbonyl (C=O) groups is 1. The highest BCUT2D eigenvalue weighted by Gasteiger charge is 2.65. The number of carbonyl (C=O) groups excluding carboxylic acids is 1. The van der Waals surface area contributed by atoms with Crippen molar-refractivity contribution >= 4 is 5.91 Å². The van der Waals surface area contributed by atoms with Gasteiger partial charge < -0.3 is 20.6 Å². The zero-order chi connectivity index (χ0) is 24.1. The number of aliphatic hydroxyl groups is 3. The lowest BCUT2D eigenvalue weighted by Gasteiger charge is -2.63. The van der Waals surface area contributed by atoms with Crippen LogP contribution in [0.15, 0.2) is 0 Å². The van der Waals surface area contributed by atoms with Gasteiger partial charge in [-0.3, -0.25) is 4.79 Å². The Bertz CT molecular complexity index is 712. The number of nitrogens with one attached hydrogen (secondary N) is 1. The molecule has 0 bridgehead atoms. The topological polar surface area (TPSA) is 89.8 Å². The van der Waals surface area contributed by atoms with Crippen LogP contribution in [0.3, 0.4) is 0 Å². The summed E-state index contributed by atoms with van der Waals surface area (Å²) in [4.78, 5) is 12.3. The van der Waals surface area contributed by atoms with Gasteiger partial charge in [-0.05, 0) is 104 Å². The van der Waals surface area contributed by atoms with Crippen LogP contribution in [-0.4, -0.2) is 46.1 Å². The van der Waals surface area contributed by atoms with Crippen LogP contribution >= 0.6 is 0 Å². The van der Waals surface area contributed by atoms with Crippen molar-refractivity contribution in [1.82, 2.24) is 5.32 Å². The summed E-state index contributed by atoms with van der Waals surface area (Å²) in [7, 11) is 0. The molecular formula is C28H49NO4. The number of fused-ring (bicyclic) bond motifs is 5. The van der Waals surface area contributed by atoms with Gasteiger partial charge in [0.1, 0.15) is 0 Å². The quantitative estimate of drug-likeness (QED) is 0.477. The van der Waals surface area contributed by atoms with Gasteiger partial charge in [0.25, 0.3) is 0 Å². The second-order valence-corrected chi connectivity index (χ2v) is 13.2. The van der Waals surface area contributed by atoms with E-state index in [0.29, 0.717) is 41.9 Å². The molecule has 0 aromatic heterocycles. The third-order valence-corrected chi connectivity index (χ3v) is 11.1. The summed E-state index contributed by atoms with van der Waals surface area (Å²) in [5, 5.41) is 36.3. The number of hydrogen-bond donors (Lipinski definition) is 4. The van der Waals surface area contributed by atoms with Crippen molar-refractivity contribution in [3.63, 3.8) is 0 Å². The molecule has 0 aliphatic heterocycles. The van der Waals surface area contributed by atoms with Crippen LogP contribution < -0.4 is 5.32 Å². The number of hydrogen-bond acceptors (Lipinski definition) is 4. The lowest BCUT2D eigenvalue weighted by Crippen LogP contribution is -2.62. The Kier molecular flexibility index (Phi) is 7.27. The second-order valence-electron chi connectivity index (χ2n) is 13.2. The third-order valence-electron chi connectivity index (χ3n) is 11.1. The molecule has 5 heteroatoms. The molecule has 11 atom stereocenters. The minimum Gasteiger partial charge on any atom is -0.393 e. The summed E-state index contributed by atoms with van der Waals surface area (Å²) in [6, 6.07) is 0. The number of rotatable bonds is 6. The molecular weight excluding hydrogens is 414 g/mol. The highest BCUT2D eigenvalue weighted by Crippen LogP contribution is 2.68. The SMILES string of the molecule is CC(C)CNC(=O)CC[C@@H](C)[C@H]1CC[C@H]2[C@@H]3[C@H](O)C[C@@H]4C[C@H](O)CC[C@]4(C)[C@H]3C[C@H](O)[C@]12C. The van der Waals surface area contributed by atoms with Gasteiger partial charge in [0.2, 0.25) is 5.91 Å². The largest absolute Gasteiger partial charge is 0.393 e. The van der Waals surface area contributed by atoms with E-state index in [-0.39, 0.29) is 41.0 Å². The fourth-order valence-corrected chi connectivity index (χ4v) is 9.10. The molecule has 4 fully saturated rings. The van der Waals surface area contributed by atoms with Crippen molar-refractivity contribution in [1.29, 1.82) is 0 Å². The Balaban J connectivity index is 1.48. The average Bonchev–Trinajstić information content (AvgIpc) is 3.11. The van der Waals surface area contributed by atoms with Gasteiger partial charge in [0, 0.05) is 13.0 Å². The maximum atomic E-state index is 12.3. The molecule has 0 radical (unpaired) electrons. The Morgan fingerprint density at radius 1 is 1.00 bits per heavy atom. The molecule has 0 aromatic rings. The van der Waals surface area contributed by atoms with E-state index in [1.54, 1.807) is 0 Å². The minimum atomic E-state index is -0.358. The van der Waals surface area contributed by atoms with Gasteiger partial charge in [0.05, 0.1) is 18.3 Å². The van der Waals surface area contributed by atoms with Crippen LogP contribution in [-0.2, 0) is 4.79 Å². The van der Waals surface area contributed by atoms with Crippen LogP contribution in [0.25, 0.3) is 0 Å². The predicted molar refractivity (Wildman–Crippen MR) is 130 cm³/mol. The van der Waals surface area contributed by atoms with Crippen LogP contribution in [0.4, 0.5) is 0 Å². The zero-order valence-electron chi connectivity index (χ0n) is 21.6. The van der Waals surface area contributed by atoms with Crippen LogP contribution in [0, 0.1) is 52.3 Å². The summed E-state index contributed by atoms with van der Waals surface area (Å²) in [6.45, 7) is 11.9. The third kappa shape index (κ3) is 4.40. The standard InChI is InChI=1S/C28H49NO4/c1-16(2)15-29-25(33)9-6-17(3)20-7-8-21-26-22(14-24(32)28(20,21)5)27(4)11-10-19(30)12-18(27)13-23(26)31/h16-24,26,30-32H,6-15H2,1-5H3,(H,29,33)/t17-,18+,19-,20-,21+,22+,23-,24+,26+,27+,28-/m1/s1. The summed E-state index contributed by atoms with van der Waals surface area (Å²) < 4.78 is 0. The second kappa shape index (κ2) is 9.43. The van der Waals surface area contributed by atoms with E-state index in [2.05, 4.69) is 39.9 Å². The van der Waals surface area contributed by atoms with Crippen LogP contribution in [0.5, 0.6) is 0 Å². The Morgan fingerprint density at radius 3 is 2.42 bits per heavy atom. The average molecular weight is 464 g/mol. The summed E-state index contributed by atoms with van der Waals surface area (Å²) in [6.07, 6.45) is 6.88. The van der Waals surface area contributed by atoms with E-state index in [1.807, 2.05) is 0 Å². The molecule has 4 aliphatic carbocycles. The Morgan fingerprint density at radius 2 is 1.73 bits per heavy atom. The molecule has 4 N–H and O–H groups in total. The van der Waals surface area contributed by atoms with Crippen LogP contribution in [0.2, 0.25) is 0 Å². The number of amides is 1. The van der Waals surface area contributed by atoms with E-state index in [1.165, 1.54) is 0 Å². The molecule has 0 spiro atoms. The van der Waals surface area contributed by atoms with Gasteiger partial charge in [-0.2, -0.15) is 0 Å². The fraction of sp³-hybridized carbons (Fsp3) is 0.964. The smallest absolute Gasteiger partial charge is 0.220 e. The van der Waals surface area contributed by atoms with Crippen molar-refractivity contribution in [3.05, 3.63) is 0 Å². The first-order valence-electron chi connectivity index (χ1n) is 13.8. The molecule has 0 aromatic carbocycles. The Hall–Kier alpha value is -0.650. The minimum absolute atomic E-state index is 0.115. The molecule has 4 rings (SSSR count). The van der Waals surface area contributed by atoms with Gasteiger partial charge in [-0.25, -0.2) is 0 Å². The van der Waals surface area contributed by atoms with Gasteiger partial charge in [0.15, 0.2) is 0 Å². The highest BCUT2D eigenvalue weighted by molar-refractivity contribution is 5.75. The molecule has 190 valence electrons. The van der Waals surface area contributed by atoms with Crippen LogP contribution in [0.1, 0.15) is 92.4 Å². The predicted octanol–water partition coefficient (Wildman–Crippen LogP) is 4.14. The molecule has 5 nitrogen and oxygen atoms in total. The van der Waals surface area contributed by atoms with E-state index in [9.17, 15) is 20.1 Å². The van der Waals surface area contributed by atoms with Crippen molar-refractivity contribution < 1.29 is 20.1 Å². The lowest BCUT2D eigenvalue weighted by atomic mass is 9.43. The molecule has 4 aliphatic rings.